The molecule has 0 saturated carbocycles. The van der Waals surface area contributed by atoms with Crippen LogP contribution in [0.25, 0.3) is 0 Å². The van der Waals surface area contributed by atoms with Gasteiger partial charge in [-0.05, 0) is 62.6 Å². The Morgan fingerprint density at radius 1 is 1.29 bits per heavy atom. The van der Waals surface area contributed by atoms with Crippen LogP contribution in [0.15, 0.2) is 32.7 Å². The number of hydrogen-bond donors (Lipinski definition) is 3. The number of rotatable bonds is 3. The van der Waals surface area contributed by atoms with Crippen LogP contribution >= 0.6 is 38.5 Å². The maximum atomic E-state index is 5.48. The number of nitrogens with zero attached hydrogens (tertiary/aromatic N) is 2. The normalized spacial score (nSPS) is 11.3. The van der Waals surface area contributed by atoms with E-state index in [2.05, 4.69) is 60.6 Å². The lowest BCUT2D eigenvalue weighted by Gasteiger charge is -2.01. The van der Waals surface area contributed by atoms with Crippen LogP contribution in [-0.4, -0.2) is 18.5 Å². The van der Waals surface area contributed by atoms with Gasteiger partial charge in [-0.15, -0.1) is 0 Å². The molecule has 0 unspecified atom stereocenters. The first-order valence-corrected chi connectivity index (χ1v) is 6.69. The Morgan fingerprint density at radius 2 is 2.00 bits per heavy atom. The monoisotopic (exact) mass is 409 g/mol. The minimum Gasteiger partial charge on any atom is -0.370 e. The maximum absolute atomic E-state index is 5.48. The number of hydrogen-bond acceptors (Lipinski definition) is 1. The molecule has 0 saturated heterocycles. The van der Waals surface area contributed by atoms with E-state index in [0.29, 0.717) is 6.54 Å². The summed E-state index contributed by atoms with van der Waals surface area (Å²) in [4.78, 5) is 7.67. The zero-order chi connectivity index (χ0) is 12.8. The van der Waals surface area contributed by atoms with Crippen LogP contribution in [0.1, 0.15) is 5.56 Å². The number of benzene rings is 1. The van der Waals surface area contributed by atoms with E-state index in [9.17, 15) is 0 Å². The maximum Gasteiger partial charge on any atom is 0.218 e. The lowest BCUT2D eigenvalue weighted by atomic mass is 10.2. The Labute approximate surface area is 122 Å². The second kappa shape index (κ2) is 6.80. The van der Waals surface area contributed by atoms with Crippen molar-refractivity contribution in [3.63, 3.8) is 0 Å². The van der Waals surface area contributed by atoms with Gasteiger partial charge in [-0.1, -0.05) is 6.07 Å². The third-order valence-electron chi connectivity index (χ3n) is 1.90. The van der Waals surface area contributed by atoms with E-state index in [1.165, 1.54) is 9.13 Å². The van der Waals surface area contributed by atoms with E-state index in [1.54, 1.807) is 0 Å². The molecule has 0 radical (unpaired) electrons. The van der Waals surface area contributed by atoms with Crippen molar-refractivity contribution >= 4 is 50.4 Å². The second-order valence-corrected chi connectivity index (χ2v) is 5.29. The predicted octanol–water partition coefficient (Wildman–Crippen LogP) is 1.18. The number of aliphatic imine (C=N–C) groups is 2. The molecule has 1 aromatic carbocycles. The van der Waals surface area contributed by atoms with Gasteiger partial charge in [0.25, 0.3) is 0 Å². The topological polar surface area (TPSA) is 103 Å². The molecule has 7 heteroatoms. The molecule has 0 aromatic heterocycles. The van der Waals surface area contributed by atoms with Gasteiger partial charge in [0, 0.05) is 14.6 Å². The third-order valence-corrected chi connectivity index (χ3v) is 4.24. The van der Waals surface area contributed by atoms with Crippen molar-refractivity contribution in [2.24, 2.45) is 27.2 Å². The molecular formula is C10H13BrIN5. The molecule has 0 bridgehead atoms. The van der Waals surface area contributed by atoms with E-state index in [4.69, 9.17) is 17.2 Å². The largest absolute Gasteiger partial charge is 0.370 e. The van der Waals surface area contributed by atoms with Crippen LogP contribution in [0.5, 0.6) is 0 Å². The summed E-state index contributed by atoms with van der Waals surface area (Å²) in [5.74, 6) is 0.0258. The molecule has 0 aliphatic carbocycles. The zero-order valence-corrected chi connectivity index (χ0v) is 12.8. The summed E-state index contributed by atoms with van der Waals surface area (Å²) >= 11 is 5.74. The minimum absolute atomic E-state index is 0.0803. The molecule has 0 atom stereocenters. The van der Waals surface area contributed by atoms with Crippen molar-refractivity contribution < 1.29 is 0 Å². The first-order valence-electron chi connectivity index (χ1n) is 4.82. The summed E-state index contributed by atoms with van der Waals surface area (Å²) in [5, 5.41) is 0. The van der Waals surface area contributed by atoms with E-state index in [0.717, 1.165) is 10.9 Å². The smallest absolute Gasteiger partial charge is 0.218 e. The Kier molecular flexibility index (Phi) is 5.69. The Balaban J connectivity index is 2.56. The highest BCUT2D eigenvalue weighted by Gasteiger charge is 1.98. The average Bonchev–Trinajstić information content (AvgIpc) is 2.22. The highest BCUT2D eigenvalue weighted by Crippen LogP contribution is 2.20. The van der Waals surface area contributed by atoms with Crippen LogP contribution in [0.2, 0.25) is 0 Å². The van der Waals surface area contributed by atoms with Gasteiger partial charge in [0.1, 0.15) is 0 Å². The van der Waals surface area contributed by atoms with E-state index >= 15 is 0 Å². The fraction of sp³-hybridized carbons (Fsp3) is 0.200. The average molecular weight is 410 g/mol. The number of guanidine groups is 2. The Hall–Kier alpha value is -0.830. The number of halogens is 2. The molecule has 1 aromatic rings. The minimum atomic E-state index is -0.0803. The standard InChI is InChI=1S/C10H13BrIN5/c11-7-5-6(1-2-8(7)12)3-4-16-10(15)17-9(13)14/h1-2,5H,3-4H2,(H6,13,14,15,16,17). The molecule has 17 heavy (non-hydrogen) atoms. The summed E-state index contributed by atoms with van der Waals surface area (Å²) in [6, 6.07) is 6.16. The van der Waals surface area contributed by atoms with Gasteiger partial charge < -0.3 is 17.2 Å². The molecule has 0 aliphatic rings. The summed E-state index contributed by atoms with van der Waals surface area (Å²) in [7, 11) is 0. The van der Waals surface area contributed by atoms with Gasteiger partial charge in [0.05, 0.1) is 0 Å². The molecule has 92 valence electrons. The van der Waals surface area contributed by atoms with Gasteiger partial charge in [-0.2, -0.15) is 4.99 Å². The Bertz CT molecular complexity index is 454. The highest BCUT2D eigenvalue weighted by molar-refractivity contribution is 14.1. The molecule has 0 spiro atoms. The molecular weight excluding hydrogens is 397 g/mol. The van der Waals surface area contributed by atoms with Crippen molar-refractivity contribution in [1.29, 1.82) is 0 Å². The summed E-state index contributed by atoms with van der Waals surface area (Å²) in [6.07, 6.45) is 0.788. The lowest BCUT2D eigenvalue weighted by molar-refractivity contribution is 0.960. The first-order chi connectivity index (χ1) is 7.99. The van der Waals surface area contributed by atoms with E-state index < -0.39 is 0 Å². The van der Waals surface area contributed by atoms with Gasteiger partial charge in [0.15, 0.2) is 5.96 Å². The number of nitrogens with two attached hydrogens (primary N) is 3. The molecule has 0 amide bonds. The fourth-order valence-corrected chi connectivity index (χ4v) is 1.92. The quantitative estimate of drug-likeness (QED) is 0.396. The Morgan fingerprint density at radius 3 is 2.59 bits per heavy atom. The van der Waals surface area contributed by atoms with Crippen LogP contribution < -0.4 is 17.2 Å². The molecule has 1 rings (SSSR count). The first kappa shape index (κ1) is 14.2. The third kappa shape index (κ3) is 5.35. The molecule has 6 N–H and O–H groups in total. The predicted molar refractivity (Wildman–Crippen MR) is 82.9 cm³/mol. The van der Waals surface area contributed by atoms with E-state index in [1.807, 2.05) is 6.07 Å². The molecule has 0 fully saturated rings. The molecule has 5 nitrogen and oxygen atoms in total. The summed E-state index contributed by atoms with van der Waals surface area (Å²) < 4.78 is 2.26. The zero-order valence-electron chi connectivity index (χ0n) is 9.03. The van der Waals surface area contributed by atoms with E-state index in [-0.39, 0.29) is 11.9 Å². The lowest BCUT2D eigenvalue weighted by Crippen LogP contribution is -2.26. The van der Waals surface area contributed by atoms with Crippen LogP contribution in [0, 0.1) is 3.57 Å². The van der Waals surface area contributed by atoms with Crippen molar-refractivity contribution in [3.05, 3.63) is 31.8 Å². The van der Waals surface area contributed by atoms with Crippen molar-refractivity contribution in [1.82, 2.24) is 0 Å². The van der Waals surface area contributed by atoms with Crippen LogP contribution in [-0.2, 0) is 6.42 Å². The second-order valence-electron chi connectivity index (χ2n) is 3.28. The van der Waals surface area contributed by atoms with Crippen molar-refractivity contribution in [2.75, 3.05) is 6.54 Å². The summed E-state index contributed by atoms with van der Waals surface area (Å²) in [5.41, 5.74) is 17.0. The summed E-state index contributed by atoms with van der Waals surface area (Å²) in [6.45, 7) is 0.551. The van der Waals surface area contributed by atoms with Gasteiger partial charge >= 0.3 is 0 Å². The fourth-order valence-electron chi connectivity index (χ4n) is 1.16. The van der Waals surface area contributed by atoms with Crippen molar-refractivity contribution in [2.45, 2.75) is 6.42 Å². The van der Waals surface area contributed by atoms with Crippen LogP contribution in [0.4, 0.5) is 0 Å². The molecule has 0 aliphatic heterocycles. The molecule has 0 heterocycles. The SMILES string of the molecule is NC(N)=NC(N)=NCCc1ccc(I)c(Br)c1. The van der Waals surface area contributed by atoms with Crippen LogP contribution in [0.3, 0.4) is 0 Å². The van der Waals surface area contributed by atoms with Gasteiger partial charge in [-0.25, -0.2) is 0 Å². The van der Waals surface area contributed by atoms with Crippen molar-refractivity contribution in [3.8, 4) is 0 Å². The highest BCUT2D eigenvalue weighted by atomic mass is 127. The van der Waals surface area contributed by atoms with Gasteiger partial charge in [-0.3, -0.25) is 4.99 Å². The van der Waals surface area contributed by atoms with Gasteiger partial charge in [0.2, 0.25) is 5.96 Å².